The van der Waals surface area contributed by atoms with Gasteiger partial charge < -0.3 is 20.5 Å². The fourth-order valence-electron chi connectivity index (χ4n) is 2.33. The highest BCUT2D eigenvalue weighted by Crippen LogP contribution is 2.48. The second kappa shape index (κ2) is 7.56. The summed E-state index contributed by atoms with van der Waals surface area (Å²) in [6.45, 7) is 1.41. The van der Waals surface area contributed by atoms with Crippen LogP contribution in [0.25, 0.3) is 0 Å². The summed E-state index contributed by atoms with van der Waals surface area (Å²) in [5.74, 6) is -0.354. The summed E-state index contributed by atoms with van der Waals surface area (Å²) in [4.78, 5) is 11.8. The van der Waals surface area contributed by atoms with Crippen molar-refractivity contribution < 1.29 is 19.0 Å². The Morgan fingerprint density at radius 3 is 2.64 bits per heavy atom. The predicted molar refractivity (Wildman–Crippen MR) is 80.9 cm³/mol. The van der Waals surface area contributed by atoms with Gasteiger partial charge in [0.1, 0.15) is 5.82 Å². The van der Waals surface area contributed by atoms with E-state index in [1.54, 1.807) is 7.11 Å². The molecule has 1 atom stereocenters. The number of aliphatic hydroxyl groups excluding tert-OH is 1. The zero-order chi connectivity index (χ0) is 16.0. The Kier molecular flexibility index (Phi) is 5.74. The molecule has 1 fully saturated rings. The van der Waals surface area contributed by atoms with Crippen LogP contribution in [0.15, 0.2) is 24.3 Å². The second-order valence-electron chi connectivity index (χ2n) is 5.87. The highest BCUT2D eigenvalue weighted by molar-refractivity contribution is 5.73. The highest BCUT2D eigenvalue weighted by atomic mass is 19.1. The summed E-state index contributed by atoms with van der Waals surface area (Å²) < 4.78 is 17.9. The number of benzene rings is 1. The summed E-state index contributed by atoms with van der Waals surface area (Å²) in [6.07, 6.45) is 2.31. The van der Waals surface area contributed by atoms with Crippen molar-refractivity contribution in [3.05, 3.63) is 35.6 Å². The normalized spacial score (nSPS) is 16.9. The van der Waals surface area contributed by atoms with Crippen LogP contribution in [0.5, 0.6) is 0 Å². The van der Waals surface area contributed by atoms with E-state index in [4.69, 9.17) is 4.74 Å². The Morgan fingerprint density at radius 1 is 1.36 bits per heavy atom. The van der Waals surface area contributed by atoms with Gasteiger partial charge in [-0.05, 0) is 42.4 Å². The van der Waals surface area contributed by atoms with Gasteiger partial charge in [-0.25, -0.2) is 9.18 Å². The molecule has 0 saturated heterocycles. The lowest BCUT2D eigenvalue weighted by molar-refractivity contribution is 0.167. The van der Waals surface area contributed by atoms with Crippen molar-refractivity contribution in [1.82, 2.24) is 10.6 Å². The Balaban J connectivity index is 1.68. The maximum atomic E-state index is 12.8. The summed E-state index contributed by atoms with van der Waals surface area (Å²) in [5.41, 5.74) is 0.753. The fourth-order valence-corrected chi connectivity index (χ4v) is 2.33. The molecule has 0 aromatic heterocycles. The number of urea groups is 1. The van der Waals surface area contributed by atoms with Gasteiger partial charge in [-0.3, -0.25) is 0 Å². The third-order valence-electron chi connectivity index (χ3n) is 4.13. The van der Waals surface area contributed by atoms with E-state index in [1.807, 2.05) is 0 Å². The molecule has 1 aromatic carbocycles. The van der Waals surface area contributed by atoms with Crippen molar-refractivity contribution in [2.75, 3.05) is 26.8 Å². The van der Waals surface area contributed by atoms with Crippen molar-refractivity contribution in [3.63, 3.8) is 0 Å². The van der Waals surface area contributed by atoms with Crippen LogP contribution in [0.3, 0.4) is 0 Å². The molecule has 1 unspecified atom stereocenters. The molecule has 2 rings (SSSR count). The van der Waals surface area contributed by atoms with Gasteiger partial charge in [-0.2, -0.15) is 0 Å². The van der Waals surface area contributed by atoms with E-state index in [1.165, 1.54) is 24.3 Å². The molecule has 0 spiro atoms. The number of amides is 2. The molecule has 3 N–H and O–H groups in total. The first-order chi connectivity index (χ1) is 10.5. The van der Waals surface area contributed by atoms with E-state index >= 15 is 0 Å². The Morgan fingerprint density at radius 2 is 2.05 bits per heavy atom. The molecule has 0 bridgehead atoms. The fraction of sp³-hybridized carbons (Fsp3) is 0.562. The second-order valence-corrected chi connectivity index (χ2v) is 5.87. The van der Waals surface area contributed by atoms with Crippen LogP contribution in [0.1, 0.15) is 30.9 Å². The highest BCUT2D eigenvalue weighted by Gasteiger charge is 2.42. The number of methoxy groups -OCH3 is 1. The van der Waals surface area contributed by atoms with E-state index in [0.29, 0.717) is 18.7 Å². The van der Waals surface area contributed by atoms with Crippen molar-refractivity contribution in [2.45, 2.75) is 25.4 Å². The largest absolute Gasteiger partial charge is 0.387 e. The van der Waals surface area contributed by atoms with E-state index in [9.17, 15) is 14.3 Å². The van der Waals surface area contributed by atoms with Gasteiger partial charge in [0, 0.05) is 26.8 Å². The van der Waals surface area contributed by atoms with Gasteiger partial charge in [-0.1, -0.05) is 12.1 Å². The van der Waals surface area contributed by atoms with Gasteiger partial charge >= 0.3 is 6.03 Å². The average Bonchev–Trinajstić information content (AvgIpc) is 3.30. The van der Waals surface area contributed by atoms with Gasteiger partial charge in [0.2, 0.25) is 0 Å². The Bertz CT molecular complexity index is 489. The van der Waals surface area contributed by atoms with Crippen molar-refractivity contribution in [3.8, 4) is 0 Å². The van der Waals surface area contributed by atoms with Crippen LogP contribution in [-0.4, -0.2) is 37.9 Å². The smallest absolute Gasteiger partial charge is 0.314 e. The summed E-state index contributed by atoms with van der Waals surface area (Å²) >= 11 is 0. The van der Waals surface area contributed by atoms with Crippen LogP contribution in [0.4, 0.5) is 9.18 Å². The lowest BCUT2D eigenvalue weighted by Crippen LogP contribution is -2.40. The lowest BCUT2D eigenvalue weighted by atomic mass is 10.0. The zero-order valence-electron chi connectivity index (χ0n) is 12.8. The molecule has 0 heterocycles. The number of hydrogen-bond donors (Lipinski definition) is 3. The Labute approximate surface area is 129 Å². The Hall–Kier alpha value is -1.66. The first-order valence-electron chi connectivity index (χ1n) is 7.49. The molecule has 1 saturated carbocycles. The number of carbonyl (C=O) groups is 1. The number of ether oxygens (including phenoxy) is 1. The minimum absolute atomic E-state index is 0.0859. The summed E-state index contributed by atoms with van der Waals surface area (Å²) in [5, 5.41) is 15.4. The topological polar surface area (TPSA) is 70.6 Å². The molecule has 0 aliphatic heterocycles. The molecule has 2 amide bonds. The molecular weight excluding hydrogens is 287 g/mol. The standard InChI is InChI=1S/C16H23FN2O3/c1-22-9-8-16(6-7-16)11-19-15(21)18-10-14(20)12-2-4-13(17)5-3-12/h2-5,14,20H,6-11H2,1H3,(H2,18,19,21). The van der Waals surface area contributed by atoms with Crippen LogP contribution < -0.4 is 10.6 Å². The van der Waals surface area contributed by atoms with Gasteiger partial charge in [0.25, 0.3) is 0 Å². The van der Waals surface area contributed by atoms with Crippen LogP contribution in [0, 0.1) is 11.2 Å². The zero-order valence-corrected chi connectivity index (χ0v) is 12.8. The van der Waals surface area contributed by atoms with Crippen molar-refractivity contribution in [1.29, 1.82) is 0 Å². The number of nitrogens with one attached hydrogen (secondary N) is 2. The molecular formula is C16H23FN2O3. The minimum atomic E-state index is -0.852. The lowest BCUT2D eigenvalue weighted by Gasteiger charge is -2.17. The molecule has 22 heavy (non-hydrogen) atoms. The van der Waals surface area contributed by atoms with E-state index in [-0.39, 0.29) is 23.8 Å². The van der Waals surface area contributed by atoms with Crippen molar-refractivity contribution in [2.24, 2.45) is 5.41 Å². The molecule has 122 valence electrons. The molecule has 5 nitrogen and oxygen atoms in total. The molecule has 6 heteroatoms. The van der Waals surface area contributed by atoms with Gasteiger partial charge in [0.15, 0.2) is 0 Å². The maximum absolute atomic E-state index is 12.8. The van der Waals surface area contributed by atoms with E-state index in [2.05, 4.69) is 10.6 Å². The molecule has 0 radical (unpaired) electrons. The predicted octanol–water partition coefficient (Wildman–Crippen LogP) is 1.97. The van der Waals surface area contributed by atoms with Crippen molar-refractivity contribution >= 4 is 6.03 Å². The van der Waals surface area contributed by atoms with E-state index in [0.717, 1.165) is 19.3 Å². The van der Waals surface area contributed by atoms with Crippen LogP contribution in [-0.2, 0) is 4.74 Å². The number of carbonyl (C=O) groups excluding carboxylic acids is 1. The van der Waals surface area contributed by atoms with Gasteiger partial charge in [0.05, 0.1) is 6.10 Å². The van der Waals surface area contributed by atoms with Gasteiger partial charge in [-0.15, -0.1) is 0 Å². The number of rotatable bonds is 8. The number of hydrogen-bond acceptors (Lipinski definition) is 3. The van der Waals surface area contributed by atoms with Crippen LogP contribution >= 0.6 is 0 Å². The third kappa shape index (κ3) is 4.96. The molecule has 1 aliphatic rings. The monoisotopic (exact) mass is 310 g/mol. The van der Waals surface area contributed by atoms with Crippen LogP contribution in [0.2, 0.25) is 0 Å². The first-order valence-corrected chi connectivity index (χ1v) is 7.49. The summed E-state index contributed by atoms with van der Waals surface area (Å²) in [7, 11) is 1.67. The summed E-state index contributed by atoms with van der Waals surface area (Å²) in [6, 6.07) is 5.27. The molecule has 1 aromatic rings. The number of aliphatic hydroxyl groups is 1. The third-order valence-corrected chi connectivity index (χ3v) is 4.13. The molecule has 1 aliphatic carbocycles. The minimum Gasteiger partial charge on any atom is -0.387 e. The number of halogens is 1. The SMILES string of the molecule is COCCC1(CNC(=O)NCC(O)c2ccc(F)cc2)CC1. The maximum Gasteiger partial charge on any atom is 0.314 e. The average molecular weight is 310 g/mol. The first kappa shape index (κ1) is 16.7. The van der Waals surface area contributed by atoms with E-state index < -0.39 is 6.10 Å². The quantitative estimate of drug-likeness (QED) is 0.687.